The zero-order valence-electron chi connectivity index (χ0n) is 11.6. The first kappa shape index (κ1) is 16.4. The number of esters is 1. The Balaban J connectivity index is 2.76. The fourth-order valence-electron chi connectivity index (χ4n) is 1.71. The van der Waals surface area contributed by atoms with Crippen LogP contribution in [0.25, 0.3) is 0 Å². The quantitative estimate of drug-likeness (QED) is 0.580. The molecule has 1 rings (SSSR count). The van der Waals surface area contributed by atoms with Crippen molar-refractivity contribution >= 4 is 11.8 Å². The highest BCUT2D eigenvalue weighted by Gasteiger charge is 2.20. The van der Waals surface area contributed by atoms with Gasteiger partial charge in [0.1, 0.15) is 18.2 Å². The second-order valence-electron chi connectivity index (χ2n) is 3.95. The van der Waals surface area contributed by atoms with Crippen LogP contribution in [0.1, 0.15) is 30.2 Å². The second-order valence-corrected chi connectivity index (χ2v) is 3.95. The lowest BCUT2D eigenvalue weighted by Crippen LogP contribution is -2.15. The second kappa shape index (κ2) is 7.78. The smallest absolute Gasteiger partial charge is 0.360 e. The third-order valence-corrected chi connectivity index (χ3v) is 2.57. The van der Waals surface area contributed by atoms with E-state index in [0.717, 1.165) is 0 Å². The minimum absolute atomic E-state index is 0.0533. The molecule has 0 amide bonds. The van der Waals surface area contributed by atoms with E-state index in [1.54, 1.807) is 11.5 Å². The normalized spacial score (nSPS) is 11.1. The lowest BCUT2D eigenvalue weighted by Gasteiger charge is -2.09. The Kier molecular flexibility index (Phi) is 6.37. The van der Waals surface area contributed by atoms with Gasteiger partial charge in [-0.15, -0.1) is 0 Å². The minimum atomic E-state index is -2.50. The summed E-state index contributed by atoms with van der Waals surface area (Å²) in [5.41, 5.74) is 5.90. The summed E-state index contributed by atoms with van der Waals surface area (Å²) in [5.74, 6) is 0.166. The number of carbonyl (C=O) groups is 1. The first-order chi connectivity index (χ1) is 9.51. The van der Waals surface area contributed by atoms with E-state index < -0.39 is 19.0 Å². The van der Waals surface area contributed by atoms with Gasteiger partial charge in [0.25, 0.3) is 6.43 Å². The molecule has 1 aromatic heterocycles. The number of hydrogen-bond donors (Lipinski definition) is 1. The van der Waals surface area contributed by atoms with E-state index in [-0.39, 0.29) is 31.3 Å². The molecule has 20 heavy (non-hydrogen) atoms. The van der Waals surface area contributed by atoms with Crippen molar-refractivity contribution in [3.8, 4) is 0 Å². The molecule has 0 atom stereocenters. The standard InChI is InChI=1S/C12H19F2N3O3/c1-3-9-16-10(12(18)20-4-2)11(15)17(9)5-6-19-7-8(13)14/h8H,3-7,15H2,1-2H3. The maximum absolute atomic E-state index is 12.0. The number of rotatable bonds is 8. The summed E-state index contributed by atoms with van der Waals surface area (Å²) in [7, 11) is 0. The molecule has 2 N–H and O–H groups in total. The number of alkyl halides is 2. The number of halogens is 2. The van der Waals surface area contributed by atoms with Crippen molar-refractivity contribution in [3.05, 3.63) is 11.5 Å². The maximum atomic E-state index is 12.0. The molecule has 0 bridgehead atoms. The fraction of sp³-hybridized carbons (Fsp3) is 0.667. The molecule has 0 unspecified atom stereocenters. The average molecular weight is 291 g/mol. The third kappa shape index (κ3) is 4.16. The first-order valence-electron chi connectivity index (χ1n) is 6.39. The highest BCUT2D eigenvalue weighted by Crippen LogP contribution is 2.16. The van der Waals surface area contributed by atoms with Gasteiger partial charge in [0.2, 0.25) is 0 Å². The molecule has 6 nitrogen and oxygen atoms in total. The van der Waals surface area contributed by atoms with Crippen LogP contribution in [0.3, 0.4) is 0 Å². The van der Waals surface area contributed by atoms with Gasteiger partial charge in [-0.1, -0.05) is 6.92 Å². The Labute approximate surface area is 115 Å². The predicted octanol–water partition coefficient (Wildman–Crippen LogP) is 1.49. The van der Waals surface area contributed by atoms with Crippen LogP contribution >= 0.6 is 0 Å². The summed E-state index contributed by atoms with van der Waals surface area (Å²) >= 11 is 0. The zero-order chi connectivity index (χ0) is 15.1. The number of hydrogen-bond acceptors (Lipinski definition) is 5. The van der Waals surface area contributed by atoms with E-state index in [1.807, 2.05) is 6.92 Å². The van der Waals surface area contributed by atoms with E-state index in [0.29, 0.717) is 12.2 Å². The number of aryl methyl sites for hydroxylation is 1. The molecule has 0 spiro atoms. The Morgan fingerprint density at radius 1 is 1.45 bits per heavy atom. The summed E-state index contributed by atoms with van der Waals surface area (Å²) in [4.78, 5) is 15.8. The molecule has 0 saturated carbocycles. The van der Waals surface area contributed by atoms with E-state index in [1.165, 1.54) is 0 Å². The number of aromatic nitrogens is 2. The summed E-state index contributed by atoms with van der Waals surface area (Å²) < 4.78 is 35.1. The summed E-state index contributed by atoms with van der Waals surface area (Å²) in [6, 6.07) is 0. The van der Waals surface area contributed by atoms with Crippen molar-refractivity contribution in [3.63, 3.8) is 0 Å². The molecule has 0 aliphatic heterocycles. The van der Waals surface area contributed by atoms with E-state index >= 15 is 0 Å². The number of carbonyl (C=O) groups excluding carboxylic acids is 1. The van der Waals surface area contributed by atoms with Gasteiger partial charge >= 0.3 is 5.97 Å². The van der Waals surface area contributed by atoms with Gasteiger partial charge in [-0.25, -0.2) is 18.6 Å². The molecule has 8 heteroatoms. The highest BCUT2D eigenvalue weighted by molar-refractivity contribution is 5.92. The third-order valence-electron chi connectivity index (χ3n) is 2.57. The summed E-state index contributed by atoms with van der Waals surface area (Å²) in [6.45, 7) is 3.47. The Hall–Kier alpha value is -1.70. The van der Waals surface area contributed by atoms with Gasteiger partial charge in [0, 0.05) is 13.0 Å². The molecule has 0 aliphatic carbocycles. The largest absolute Gasteiger partial charge is 0.461 e. The molecular formula is C12H19F2N3O3. The molecule has 114 valence electrons. The molecule has 0 radical (unpaired) electrons. The van der Waals surface area contributed by atoms with Crippen LogP contribution in [-0.2, 0) is 22.4 Å². The van der Waals surface area contributed by atoms with Crippen LogP contribution in [0.5, 0.6) is 0 Å². The summed E-state index contributed by atoms with van der Waals surface area (Å²) in [6.07, 6.45) is -1.95. The summed E-state index contributed by atoms with van der Waals surface area (Å²) in [5, 5.41) is 0. The number of nitrogens with two attached hydrogens (primary N) is 1. The van der Waals surface area contributed by atoms with Crippen LogP contribution in [0.2, 0.25) is 0 Å². The predicted molar refractivity (Wildman–Crippen MR) is 68.8 cm³/mol. The van der Waals surface area contributed by atoms with Gasteiger partial charge < -0.3 is 19.8 Å². The van der Waals surface area contributed by atoms with Gasteiger partial charge in [0.05, 0.1) is 13.2 Å². The van der Waals surface area contributed by atoms with Crippen LogP contribution in [-0.4, -0.2) is 41.8 Å². The minimum Gasteiger partial charge on any atom is -0.461 e. The van der Waals surface area contributed by atoms with Gasteiger partial charge in [-0.2, -0.15) is 0 Å². The monoisotopic (exact) mass is 291 g/mol. The number of ether oxygens (including phenoxy) is 2. The molecule has 1 heterocycles. The lowest BCUT2D eigenvalue weighted by atomic mass is 10.4. The van der Waals surface area contributed by atoms with Crippen molar-refractivity contribution in [2.75, 3.05) is 25.6 Å². The molecule has 0 aliphatic rings. The number of imidazole rings is 1. The van der Waals surface area contributed by atoms with Crippen molar-refractivity contribution in [2.24, 2.45) is 0 Å². The first-order valence-corrected chi connectivity index (χ1v) is 6.39. The average Bonchev–Trinajstić information content (AvgIpc) is 2.71. The molecule has 0 fully saturated rings. The maximum Gasteiger partial charge on any atom is 0.360 e. The SMILES string of the molecule is CCOC(=O)c1nc(CC)n(CCOCC(F)F)c1N. The number of nitrogen functional groups attached to an aromatic ring is 1. The molecule has 0 saturated heterocycles. The Morgan fingerprint density at radius 3 is 2.70 bits per heavy atom. The van der Waals surface area contributed by atoms with Crippen LogP contribution in [0.4, 0.5) is 14.6 Å². The zero-order valence-corrected chi connectivity index (χ0v) is 11.6. The molecule has 0 aromatic carbocycles. The Bertz CT molecular complexity index is 449. The van der Waals surface area contributed by atoms with Gasteiger partial charge in [-0.05, 0) is 6.92 Å². The van der Waals surface area contributed by atoms with E-state index in [4.69, 9.17) is 15.2 Å². The van der Waals surface area contributed by atoms with Crippen LogP contribution in [0.15, 0.2) is 0 Å². The fourth-order valence-corrected chi connectivity index (χ4v) is 1.71. The van der Waals surface area contributed by atoms with Crippen molar-refractivity contribution in [2.45, 2.75) is 33.2 Å². The molecular weight excluding hydrogens is 272 g/mol. The Morgan fingerprint density at radius 2 is 2.15 bits per heavy atom. The lowest BCUT2D eigenvalue weighted by molar-refractivity contribution is 0.0147. The van der Waals surface area contributed by atoms with Crippen molar-refractivity contribution in [1.29, 1.82) is 0 Å². The number of anilines is 1. The van der Waals surface area contributed by atoms with Crippen molar-refractivity contribution in [1.82, 2.24) is 9.55 Å². The highest BCUT2D eigenvalue weighted by atomic mass is 19.3. The molecule has 1 aromatic rings. The topological polar surface area (TPSA) is 79.4 Å². The van der Waals surface area contributed by atoms with Gasteiger partial charge in [0.15, 0.2) is 5.69 Å². The van der Waals surface area contributed by atoms with Crippen molar-refractivity contribution < 1.29 is 23.0 Å². The van der Waals surface area contributed by atoms with Crippen LogP contribution in [0, 0.1) is 0 Å². The number of nitrogens with zero attached hydrogens (tertiary/aromatic N) is 2. The van der Waals surface area contributed by atoms with E-state index in [2.05, 4.69) is 4.98 Å². The van der Waals surface area contributed by atoms with Gasteiger partial charge in [-0.3, -0.25) is 0 Å². The van der Waals surface area contributed by atoms with E-state index in [9.17, 15) is 13.6 Å². The van der Waals surface area contributed by atoms with Crippen LogP contribution < -0.4 is 5.73 Å².